The smallest absolute Gasteiger partial charge is 0.237 e. The number of para-hydroxylation sites is 1. The van der Waals surface area contributed by atoms with Crippen molar-refractivity contribution in [2.24, 2.45) is 0 Å². The molecule has 46 heavy (non-hydrogen) atoms. The summed E-state index contributed by atoms with van der Waals surface area (Å²) in [4.78, 5) is 30.4. The van der Waals surface area contributed by atoms with Crippen LogP contribution in [0.4, 0.5) is 5.69 Å². The van der Waals surface area contributed by atoms with Crippen molar-refractivity contribution in [3.63, 3.8) is 0 Å². The number of carbonyl (C=O) groups is 2. The van der Waals surface area contributed by atoms with Gasteiger partial charge in [0.2, 0.25) is 11.8 Å². The van der Waals surface area contributed by atoms with Crippen molar-refractivity contribution in [3.05, 3.63) is 125 Å². The fourth-order valence-electron chi connectivity index (χ4n) is 7.36. The van der Waals surface area contributed by atoms with E-state index in [0.717, 1.165) is 64.7 Å². The number of rotatable bonds is 9. The maximum absolute atomic E-state index is 13.6. The highest BCUT2D eigenvalue weighted by Crippen LogP contribution is 2.29. The molecule has 236 valence electrons. The van der Waals surface area contributed by atoms with Crippen LogP contribution in [-0.2, 0) is 35.5 Å². The van der Waals surface area contributed by atoms with E-state index in [2.05, 4.69) is 113 Å². The van der Waals surface area contributed by atoms with Crippen LogP contribution in [0.5, 0.6) is 0 Å². The van der Waals surface area contributed by atoms with Crippen molar-refractivity contribution in [2.45, 2.75) is 70.1 Å². The van der Waals surface area contributed by atoms with Crippen LogP contribution < -0.4 is 15.5 Å². The lowest BCUT2D eigenvalue weighted by atomic mass is 9.94. The van der Waals surface area contributed by atoms with Crippen LogP contribution in [0.25, 0.3) is 10.8 Å². The number of nitrogens with zero attached hydrogens (tertiary/aromatic N) is 2. The topological polar surface area (TPSA) is 64.7 Å². The van der Waals surface area contributed by atoms with Crippen molar-refractivity contribution in [3.8, 4) is 0 Å². The molecule has 2 atom stereocenters. The van der Waals surface area contributed by atoms with Crippen LogP contribution in [0.15, 0.2) is 103 Å². The first-order chi connectivity index (χ1) is 22.6. The van der Waals surface area contributed by atoms with E-state index in [1.54, 1.807) is 0 Å². The molecule has 0 unspecified atom stereocenters. The molecule has 2 saturated heterocycles. The number of amides is 2. The van der Waals surface area contributed by atoms with E-state index in [0.29, 0.717) is 13.0 Å². The van der Waals surface area contributed by atoms with Crippen molar-refractivity contribution in [2.75, 3.05) is 24.5 Å². The van der Waals surface area contributed by atoms with Crippen molar-refractivity contribution in [1.29, 1.82) is 0 Å². The summed E-state index contributed by atoms with van der Waals surface area (Å²) in [6.45, 7) is 4.21. The average molecular weight is 613 g/mol. The van der Waals surface area contributed by atoms with Gasteiger partial charge in [0.25, 0.3) is 0 Å². The number of piperidine rings is 1. The Balaban J connectivity index is 1.02. The zero-order valence-corrected chi connectivity index (χ0v) is 26.6. The second-order valence-corrected chi connectivity index (χ2v) is 13.1. The number of anilines is 1. The lowest BCUT2D eigenvalue weighted by Crippen LogP contribution is -2.50. The quantitative estimate of drug-likeness (QED) is 0.217. The van der Waals surface area contributed by atoms with Gasteiger partial charge in [-0.2, -0.15) is 0 Å². The molecule has 0 saturated carbocycles. The molecule has 6 nitrogen and oxygen atoms in total. The molecule has 0 aliphatic carbocycles. The van der Waals surface area contributed by atoms with Crippen molar-refractivity contribution < 1.29 is 9.59 Å². The number of carbonyl (C=O) groups excluding carboxylic acids is 2. The average Bonchev–Trinajstić information content (AvgIpc) is 3.51. The SMILES string of the molecule is O=C(N[C@@H](CC=C1CCN(c2ccccc2CN2CCCC2=O)CC1)Cc1ccc2ccccc2c1)[C@H]1Cc2ccccc2CN1. The Kier molecular flexibility index (Phi) is 9.15. The summed E-state index contributed by atoms with van der Waals surface area (Å²) in [6, 6.07) is 31.9. The van der Waals surface area contributed by atoms with E-state index in [9.17, 15) is 9.59 Å². The predicted octanol–water partition coefficient (Wildman–Crippen LogP) is 6.32. The highest BCUT2D eigenvalue weighted by Gasteiger charge is 2.26. The summed E-state index contributed by atoms with van der Waals surface area (Å²) < 4.78 is 0. The molecular formula is C40H44N4O2. The summed E-state index contributed by atoms with van der Waals surface area (Å²) in [5, 5.41) is 9.38. The van der Waals surface area contributed by atoms with Crippen LogP contribution in [0, 0.1) is 0 Å². The van der Waals surface area contributed by atoms with E-state index >= 15 is 0 Å². The monoisotopic (exact) mass is 612 g/mol. The number of hydrogen-bond donors (Lipinski definition) is 2. The Bertz CT molecular complexity index is 1740. The highest BCUT2D eigenvalue weighted by atomic mass is 16.2. The molecule has 7 rings (SSSR count). The lowest BCUT2D eigenvalue weighted by Gasteiger charge is -2.33. The number of fused-ring (bicyclic) bond motifs is 2. The minimum Gasteiger partial charge on any atom is -0.371 e. The van der Waals surface area contributed by atoms with Crippen LogP contribution in [-0.4, -0.2) is 48.4 Å². The molecule has 2 fully saturated rings. The Morgan fingerprint density at radius 2 is 1.63 bits per heavy atom. The zero-order valence-electron chi connectivity index (χ0n) is 26.6. The first-order valence-electron chi connectivity index (χ1n) is 17.0. The van der Waals surface area contributed by atoms with Crippen molar-refractivity contribution >= 4 is 28.3 Å². The van der Waals surface area contributed by atoms with Crippen molar-refractivity contribution in [1.82, 2.24) is 15.5 Å². The molecule has 2 N–H and O–H groups in total. The van der Waals surface area contributed by atoms with Crippen LogP contribution >= 0.6 is 0 Å². The largest absolute Gasteiger partial charge is 0.371 e. The second kappa shape index (κ2) is 13.9. The maximum Gasteiger partial charge on any atom is 0.237 e. The Morgan fingerprint density at radius 3 is 2.46 bits per heavy atom. The van der Waals surface area contributed by atoms with Gasteiger partial charge in [-0.1, -0.05) is 96.6 Å². The number of benzene rings is 4. The van der Waals surface area contributed by atoms with Gasteiger partial charge >= 0.3 is 0 Å². The van der Waals surface area contributed by atoms with E-state index in [1.807, 2.05) is 4.90 Å². The highest BCUT2D eigenvalue weighted by molar-refractivity contribution is 5.84. The molecule has 6 heteroatoms. The van der Waals surface area contributed by atoms with Crippen LogP contribution in [0.1, 0.15) is 54.4 Å². The van der Waals surface area contributed by atoms with Gasteiger partial charge in [0.1, 0.15) is 0 Å². The standard InChI is InChI=1S/C40H44N4O2/c45-39-14-7-21-44(39)28-35-12-5-6-13-38(35)43-22-19-29(20-23-43)16-18-36(25-30-15-17-31-8-1-2-9-32(31)24-30)42-40(46)37-26-33-10-3-4-11-34(33)27-41-37/h1-6,8-13,15-17,24,36-37,41H,7,14,18-23,25-28H2,(H,42,46)/t36-,37+/m0/s1. The maximum atomic E-state index is 13.6. The minimum absolute atomic E-state index is 0.0110. The summed E-state index contributed by atoms with van der Waals surface area (Å²) in [5.41, 5.74) is 7.74. The molecule has 0 bridgehead atoms. The first-order valence-corrected chi connectivity index (χ1v) is 17.0. The summed E-state index contributed by atoms with van der Waals surface area (Å²) in [5.74, 6) is 0.356. The summed E-state index contributed by atoms with van der Waals surface area (Å²) >= 11 is 0. The fraction of sp³-hybridized carbons (Fsp3) is 0.350. The summed E-state index contributed by atoms with van der Waals surface area (Å²) in [6.07, 6.45) is 8.36. The Morgan fingerprint density at radius 1 is 0.870 bits per heavy atom. The van der Waals surface area contributed by atoms with Gasteiger partial charge in [-0.15, -0.1) is 0 Å². The second-order valence-electron chi connectivity index (χ2n) is 13.1. The molecule has 0 aromatic heterocycles. The van der Waals surface area contributed by atoms with Gasteiger partial charge in [-0.25, -0.2) is 0 Å². The lowest BCUT2D eigenvalue weighted by molar-refractivity contribution is -0.128. The van der Waals surface area contributed by atoms with Gasteiger partial charge in [0.05, 0.1) is 6.04 Å². The van der Waals surface area contributed by atoms with Gasteiger partial charge in [-0.3, -0.25) is 9.59 Å². The fourth-order valence-corrected chi connectivity index (χ4v) is 7.36. The third-order valence-electron chi connectivity index (χ3n) is 10.0. The zero-order chi connectivity index (χ0) is 31.3. The third-order valence-corrected chi connectivity index (χ3v) is 10.0. The normalized spacial score (nSPS) is 18.8. The molecule has 3 aliphatic rings. The molecule has 3 aliphatic heterocycles. The molecule has 2 amide bonds. The van der Waals surface area contributed by atoms with E-state index in [-0.39, 0.29) is 23.9 Å². The van der Waals surface area contributed by atoms with Gasteiger partial charge < -0.3 is 20.4 Å². The minimum atomic E-state index is -0.221. The number of nitrogens with one attached hydrogen (secondary N) is 2. The van der Waals surface area contributed by atoms with Gasteiger partial charge in [-0.05, 0) is 77.6 Å². The predicted molar refractivity (Wildman–Crippen MR) is 186 cm³/mol. The summed E-state index contributed by atoms with van der Waals surface area (Å²) in [7, 11) is 0. The van der Waals surface area contributed by atoms with Gasteiger partial charge in [0, 0.05) is 50.9 Å². The van der Waals surface area contributed by atoms with Crippen LogP contribution in [0.3, 0.4) is 0 Å². The van der Waals surface area contributed by atoms with E-state index in [1.165, 1.54) is 44.3 Å². The molecule has 0 spiro atoms. The third kappa shape index (κ3) is 7.02. The molecule has 0 radical (unpaired) electrons. The Hall–Kier alpha value is -4.42. The molecule has 3 heterocycles. The van der Waals surface area contributed by atoms with Crippen LogP contribution in [0.2, 0.25) is 0 Å². The molecule has 4 aromatic rings. The van der Waals surface area contributed by atoms with E-state index < -0.39 is 0 Å². The number of likely N-dealkylation sites (tertiary alicyclic amines) is 1. The van der Waals surface area contributed by atoms with Gasteiger partial charge in [0.15, 0.2) is 0 Å². The number of hydrogen-bond acceptors (Lipinski definition) is 4. The first kappa shape index (κ1) is 30.2. The van der Waals surface area contributed by atoms with E-state index in [4.69, 9.17) is 0 Å². The Labute approximate surface area is 272 Å². The molecule has 4 aromatic carbocycles. The molecular weight excluding hydrogens is 568 g/mol.